The maximum Gasteiger partial charge on any atom is 0.251 e. The lowest BCUT2D eigenvalue weighted by Crippen LogP contribution is -2.28. The number of methoxy groups -OCH3 is 1. The third kappa shape index (κ3) is 6.57. The smallest absolute Gasteiger partial charge is 0.251 e. The second kappa shape index (κ2) is 10.6. The fraction of sp³-hybridized carbons (Fsp3) is 0.208. The molecule has 0 bridgehead atoms. The van der Waals surface area contributed by atoms with Crippen molar-refractivity contribution in [1.29, 1.82) is 0 Å². The fourth-order valence-corrected chi connectivity index (χ4v) is 3.53. The number of carbonyl (C=O) groups is 1. The van der Waals surface area contributed by atoms with Gasteiger partial charge in [-0.25, -0.2) is 0 Å². The molecule has 1 N–H and O–H groups in total. The van der Waals surface area contributed by atoms with E-state index in [4.69, 9.17) is 9.47 Å². The molecule has 0 aliphatic carbocycles. The summed E-state index contributed by atoms with van der Waals surface area (Å²) in [6.45, 7) is 2.91. The number of thioether (sulfide) groups is 1. The maximum atomic E-state index is 12.3. The molecule has 0 aliphatic rings. The second-order valence-electron chi connectivity index (χ2n) is 6.58. The molecule has 0 aliphatic heterocycles. The van der Waals surface area contributed by atoms with E-state index >= 15 is 0 Å². The third-order valence-electron chi connectivity index (χ3n) is 4.34. The molecule has 3 aromatic carbocycles. The molecule has 0 fully saturated rings. The van der Waals surface area contributed by atoms with Crippen molar-refractivity contribution in [3.8, 4) is 11.5 Å². The van der Waals surface area contributed by atoms with Gasteiger partial charge in [0.15, 0.2) is 0 Å². The number of aryl methyl sites for hydroxylation is 1. The highest BCUT2D eigenvalue weighted by atomic mass is 32.2. The third-order valence-corrected chi connectivity index (χ3v) is 5.42. The maximum absolute atomic E-state index is 12.3. The van der Waals surface area contributed by atoms with Crippen molar-refractivity contribution in [2.75, 3.05) is 20.3 Å². The van der Waals surface area contributed by atoms with E-state index in [0.29, 0.717) is 24.5 Å². The Balaban J connectivity index is 1.41. The van der Waals surface area contributed by atoms with Gasteiger partial charge in [-0.05, 0) is 48.9 Å². The monoisotopic (exact) mass is 407 g/mol. The first-order valence-electron chi connectivity index (χ1n) is 9.47. The highest BCUT2D eigenvalue weighted by molar-refractivity contribution is 7.98. The number of hydrogen-bond acceptors (Lipinski definition) is 4. The molecule has 0 unspecified atom stereocenters. The van der Waals surface area contributed by atoms with Crippen molar-refractivity contribution in [2.24, 2.45) is 0 Å². The molecule has 4 nitrogen and oxygen atoms in total. The minimum atomic E-state index is -0.100. The summed E-state index contributed by atoms with van der Waals surface area (Å²) in [6.07, 6.45) is 0. The number of benzene rings is 3. The largest absolute Gasteiger partial charge is 0.497 e. The molecule has 0 atom stereocenters. The number of nitrogens with one attached hydrogen (secondary N) is 1. The van der Waals surface area contributed by atoms with Crippen LogP contribution in [-0.4, -0.2) is 26.2 Å². The number of ether oxygens (including phenoxy) is 2. The van der Waals surface area contributed by atoms with Gasteiger partial charge in [0.25, 0.3) is 5.91 Å². The van der Waals surface area contributed by atoms with E-state index in [0.717, 1.165) is 11.5 Å². The van der Waals surface area contributed by atoms with Gasteiger partial charge >= 0.3 is 0 Å². The van der Waals surface area contributed by atoms with E-state index in [1.54, 1.807) is 18.9 Å². The summed E-state index contributed by atoms with van der Waals surface area (Å²) in [6, 6.07) is 23.6. The predicted molar refractivity (Wildman–Crippen MR) is 118 cm³/mol. The van der Waals surface area contributed by atoms with Gasteiger partial charge in [-0.2, -0.15) is 0 Å². The van der Waals surface area contributed by atoms with Crippen molar-refractivity contribution in [3.63, 3.8) is 0 Å². The van der Waals surface area contributed by atoms with Crippen molar-refractivity contribution >= 4 is 17.7 Å². The van der Waals surface area contributed by atoms with Gasteiger partial charge < -0.3 is 14.8 Å². The summed E-state index contributed by atoms with van der Waals surface area (Å²) in [7, 11) is 1.62. The van der Waals surface area contributed by atoms with Crippen LogP contribution in [0.15, 0.2) is 77.7 Å². The molecule has 0 radical (unpaired) electrons. The van der Waals surface area contributed by atoms with Gasteiger partial charge in [-0.15, -0.1) is 11.8 Å². The predicted octanol–water partition coefficient (Wildman–Crippen LogP) is 5.10. The quantitative estimate of drug-likeness (QED) is 0.396. The Bertz CT molecular complexity index is 924. The van der Waals surface area contributed by atoms with Gasteiger partial charge in [-0.3, -0.25) is 4.79 Å². The zero-order chi connectivity index (χ0) is 20.5. The van der Waals surface area contributed by atoms with E-state index in [-0.39, 0.29) is 5.91 Å². The summed E-state index contributed by atoms with van der Waals surface area (Å²) in [4.78, 5) is 13.5. The van der Waals surface area contributed by atoms with Gasteiger partial charge in [0.2, 0.25) is 0 Å². The lowest BCUT2D eigenvalue weighted by molar-refractivity contribution is 0.0947. The average molecular weight is 408 g/mol. The van der Waals surface area contributed by atoms with E-state index in [2.05, 4.69) is 36.5 Å². The number of carbonyl (C=O) groups excluding carboxylic acids is 1. The van der Waals surface area contributed by atoms with E-state index in [9.17, 15) is 4.79 Å². The summed E-state index contributed by atoms with van der Waals surface area (Å²) < 4.78 is 10.8. The van der Waals surface area contributed by atoms with Crippen LogP contribution >= 0.6 is 11.8 Å². The Morgan fingerprint density at radius 2 is 1.69 bits per heavy atom. The zero-order valence-corrected chi connectivity index (χ0v) is 17.5. The Hall–Kier alpha value is -2.92. The van der Waals surface area contributed by atoms with Crippen LogP contribution in [0.3, 0.4) is 0 Å². The van der Waals surface area contributed by atoms with Crippen molar-refractivity contribution in [3.05, 3.63) is 89.5 Å². The van der Waals surface area contributed by atoms with Crippen LogP contribution in [0.4, 0.5) is 0 Å². The Kier molecular flexibility index (Phi) is 7.59. The summed E-state index contributed by atoms with van der Waals surface area (Å²) in [5.41, 5.74) is 3.10. The summed E-state index contributed by atoms with van der Waals surface area (Å²) in [5.74, 6) is 2.23. The van der Waals surface area contributed by atoms with Crippen molar-refractivity contribution in [2.45, 2.75) is 17.6 Å². The molecule has 1 amide bonds. The minimum Gasteiger partial charge on any atom is -0.497 e. The first-order valence-corrected chi connectivity index (χ1v) is 10.5. The normalized spacial score (nSPS) is 10.4. The lowest BCUT2D eigenvalue weighted by atomic mass is 10.1. The van der Waals surface area contributed by atoms with Gasteiger partial charge in [-0.1, -0.05) is 35.9 Å². The summed E-state index contributed by atoms with van der Waals surface area (Å²) in [5, 5.41) is 2.88. The molecule has 0 heterocycles. The molecule has 0 saturated carbocycles. The Labute approximate surface area is 176 Å². The second-order valence-corrected chi connectivity index (χ2v) is 7.63. The van der Waals surface area contributed by atoms with Gasteiger partial charge in [0, 0.05) is 22.3 Å². The molecule has 0 spiro atoms. The SMILES string of the molecule is COc1cccc(OCCNC(=O)c2ccc(CSc3ccc(C)cc3)cc2)c1. The molecule has 0 aromatic heterocycles. The molecule has 5 heteroatoms. The molecule has 0 saturated heterocycles. The van der Waals surface area contributed by atoms with Crippen LogP contribution in [0.1, 0.15) is 21.5 Å². The summed E-state index contributed by atoms with van der Waals surface area (Å²) >= 11 is 1.79. The average Bonchev–Trinajstić information content (AvgIpc) is 2.76. The van der Waals surface area contributed by atoms with Gasteiger partial charge in [0.05, 0.1) is 13.7 Å². The van der Waals surface area contributed by atoms with Gasteiger partial charge in [0.1, 0.15) is 18.1 Å². The minimum absolute atomic E-state index is 0.100. The standard InChI is InChI=1S/C24H25NO3S/c1-18-6-12-23(13-7-18)29-17-19-8-10-20(11-9-19)24(26)25-14-15-28-22-5-3-4-21(16-22)27-2/h3-13,16H,14-15,17H2,1-2H3,(H,25,26). The first kappa shape index (κ1) is 20.8. The van der Waals surface area contributed by atoms with Crippen LogP contribution in [-0.2, 0) is 5.75 Å². The van der Waals surface area contributed by atoms with E-state index < -0.39 is 0 Å². The first-order chi connectivity index (χ1) is 14.1. The van der Waals surface area contributed by atoms with Crippen LogP contribution in [0, 0.1) is 6.92 Å². The van der Waals surface area contributed by atoms with Crippen molar-refractivity contribution < 1.29 is 14.3 Å². The van der Waals surface area contributed by atoms with E-state index in [1.807, 2.05) is 48.5 Å². The van der Waals surface area contributed by atoms with E-state index in [1.165, 1.54) is 16.0 Å². The number of amides is 1. The highest BCUT2D eigenvalue weighted by Crippen LogP contribution is 2.23. The molecule has 29 heavy (non-hydrogen) atoms. The molecular weight excluding hydrogens is 382 g/mol. The fourth-order valence-electron chi connectivity index (χ4n) is 2.68. The highest BCUT2D eigenvalue weighted by Gasteiger charge is 2.05. The topological polar surface area (TPSA) is 47.6 Å². The molecular formula is C24H25NO3S. The molecule has 150 valence electrons. The number of hydrogen-bond donors (Lipinski definition) is 1. The van der Waals surface area contributed by atoms with Crippen LogP contribution < -0.4 is 14.8 Å². The molecule has 3 rings (SSSR count). The van der Waals surface area contributed by atoms with Crippen LogP contribution in [0.25, 0.3) is 0 Å². The lowest BCUT2D eigenvalue weighted by Gasteiger charge is -2.09. The Morgan fingerprint density at radius 1 is 0.966 bits per heavy atom. The molecule has 3 aromatic rings. The zero-order valence-electron chi connectivity index (χ0n) is 16.7. The van der Waals surface area contributed by atoms with Crippen molar-refractivity contribution in [1.82, 2.24) is 5.32 Å². The number of rotatable bonds is 9. The van der Waals surface area contributed by atoms with Crippen LogP contribution in [0.2, 0.25) is 0 Å². The van der Waals surface area contributed by atoms with Crippen LogP contribution in [0.5, 0.6) is 11.5 Å². The Morgan fingerprint density at radius 3 is 2.41 bits per heavy atom.